The lowest BCUT2D eigenvalue weighted by molar-refractivity contribution is 0.437. The maximum absolute atomic E-state index is 2.40. The van der Waals surface area contributed by atoms with E-state index < -0.39 is 0 Å². The van der Waals surface area contributed by atoms with E-state index in [2.05, 4.69) is 37.6 Å². The fourth-order valence-electron chi connectivity index (χ4n) is 1.87. The van der Waals surface area contributed by atoms with Crippen LogP contribution in [0.5, 0.6) is 0 Å². The predicted molar refractivity (Wildman–Crippen MR) is 70.5 cm³/mol. The summed E-state index contributed by atoms with van der Waals surface area (Å²) in [5, 5.41) is 4.46. The third-order valence-electron chi connectivity index (χ3n) is 2.98. The second-order valence-electron chi connectivity index (χ2n) is 5.10. The van der Waals surface area contributed by atoms with Crippen molar-refractivity contribution in [2.24, 2.45) is 11.8 Å². The Bertz CT molecular complexity index is 236. The summed E-state index contributed by atoms with van der Waals surface area (Å²) < 4.78 is 0. The lowest BCUT2D eigenvalue weighted by Crippen LogP contribution is -1.98. The molecule has 1 rings (SSSR count). The van der Waals surface area contributed by atoms with Crippen molar-refractivity contribution in [3.8, 4) is 0 Å². The first-order chi connectivity index (χ1) is 7.18. The van der Waals surface area contributed by atoms with Crippen molar-refractivity contribution in [3.63, 3.8) is 0 Å². The van der Waals surface area contributed by atoms with Gasteiger partial charge in [-0.1, -0.05) is 40.0 Å². The number of hydrogen-bond acceptors (Lipinski definition) is 1. The summed E-state index contributed by atoms with van der Waals surface area (Å²) in [4.78, 5) is 0. The minimum Gasteiger partial charge on any atom is -0.152 e. The van der Waals surface area contributed by atoms with Crippen LogP contribution in [0.3, 0.4) is 0 Å². The molecule has 0 nitrogen and oxygen atoms in total. The molecule has 0 spiro atoms. The highest BCUT2D eigenvalue weighted by atomic mass is 32.1. The molecule has 0 amide bonds. The SMILES string of the molecule is CC(C)CCC[C@H](C)CCc1ccsc1. The van der Waals surface area contributed by atoms with Crippen LogP contribution in [0, 0.1) is 11.8 Å². The van der Waals surface area contributed by atoms with Crippen LogP contribution in [-0.2, 0) is 6.42 Å². The molecule has 0 radical (unpaired) electrons. The lowest BCUT2D eigenvalue weighted by Gasteiger charge is -2.11. The fraction of sp³-hybridized carbons (Fsp3) is 0.714. The molecule has 0 aromatic carbocycles. The molecule has 0 aliphatic carbocycles. The standard InChI is InChI=1S/C14H24S/c1-12(2)5-4-6-13(3)7-8-14-9-10-15-11-14/h9-13H,4-8H2,1-3H3/t13-/m0/s1. The Labute approximate surface area is 98.7 Å². The van der Waals surface area contributed by atoms with Gasteiger partial charge in [-0.3, -0.25) is 0 Å². The van der Waals surface area contributed by atoms with Gasteiger partial charge in [-0.25, -0.2) is 0 Å². The Balaban J connectivity index is 2.06. The first-order valence-corrected chi connectivity index (χ1v) is 7.14. The Hall–Kier alpha value is -0.300. The molecule has 0 fully saturated rings. The third kappa shape index (κ3) is 5.99. The summed E-state index contributed by atoms with van der Waals surface area (Å²) in [6.07, 6.45) is 6.83. The topological polar surface area (TPSA) is 0 Å². The summed E-state index contributed by atoms with van der Waals surface area (Å²) in [5.74, 6) is 1.76. The molecule has 1 aromatic heterocycles. The third-order valence-corrected chi connectivity index (χ3v) is 3.72. The Morgan fingerprint density at radius 3 is 2.53 bits per heavy atom. The van der Waals surface area contributed by atoms with Crippen molar-refractivity contribution < 1.29 is 0 Å². The minimum atomic E-state index is 0.870. The average Bonchev–Trinajstić information content (AvgIpc) is 2.66. The molecule has 0 aliphatic heterocycles. The van der Waals surface area contributed by atoms with Gasteiger partial charge < -0.3 is 0 Å². The van der Waals surface area contributed by atoms with Crippen molar-refractivity contribution in [1.29, 1.82) is 0 Å². The number of aryl methyl sites for hydroxylation is 1. The summed E-state index contributed by atoms with van der Waals surface area (Å²) in [6.45, 7) is 7.03. The lowest BCUT2D eigenvalue weighted by atomic mass is 9.95. The molecule has 1 heteroatoms. The highest BCUT2D eigenvalue weighted by molar-refractivity contribution is 7.07. The average molecular weight is 224 g/mol. The van der Waals surface area contributed by atoms with Gasteiger partial charge in [0.25, 0.3) is 0 Å². The van der Waals surface area contributed by atoms with Crippen LogP contribution < -0.4 is 0 Å². The monoisotopic (exact) mass is 224 g/mol. The van der Waals surface area contributed by atoms with Gasteiger partial charge in [0.05, 0.1) is 0 Å². The van der Waals surface area contributed by atoms with Crippen molar-refractivity contribution >= 4 is 11.3 Å². The Kier molecular flexibility index (Phi) is 6.00. The number of thiophene rings is 1. The summed E-state index contributed by atoms with van der Waals surface area (Å²) in [5.41, 5.74) is 1.52. The molecule has 0 bridgehead atoms. The summed E-state index contributed by atoms with van der Waals surface area (Å²) in [6, 6.07) is 2.26. The van der Waals surface area contributed by atoms with Crippen LogP contribution in [0.4, 0.5) is 0 Å². The van der Waals surface area contributed by atoms with Crippen LogP contribution in [0.15, 0.2) is 16.8 Å². The first-order valence-electron chi connectivity index (χ1n) is 6.19. The van der Waals surface area contributed by atoms with E-state index in [0.717, 1.165) is 11.8 Å². The van der Waals surface area contributed by atoms with Crippen LogP contribution in [0.25, 0.3) is 0 Å². The van der Waals surface area contributed by atoms with Gasteiger partial charge in [0.2, 0.25) is 0 Å². The molecule has 15 heavy (non-hydrogen) atoms. The Morgan fingerprint density at radius 2 is 1.93 bits per heavy atom. The molecule has 0 saturated heterocycles. The maximum atomic E-state index is 2.40. The van der Waals surface area contributed by atoms with Gasteiger partial charge in [-0.05, 0) is 47.1 Å². The van der Waals surface area contributed by atoms with Crippen molar-refractivity contribution in [1.82, 2.24) is 0 Å². The summed E-state index contributed by atoms with van der Waals surface area (Å²) in [7, 11) is 0. The molecule has 0 unspecified atom stereocenters. The highest BCUT2D eigenvalue weighted by Crippen LogP contribution is 2.18. The minimum absolute atomic E-state index is 0.870. The number of hydrogen-bond donors (Lipinski definition) is 0. The zero-order valence-electron chi connectivity index (χ0n) is 10.3. The normalized spacial score (nSPS) is 13.3. The van der Waals surface area contributed by atoms with Gasteiger partial charge in [-0.2, -0.15) is 11.3 Å². The second kappa shape index (κ2) is 7.05. The molecule has 1 aromatic rings. The van der Waals surface area contributed by atoms with E-state index in [-0.39, 0.29) is 0 Å². The largest absolute Gasteiger partial charge is 0.152 e. The van der Waals surface area contributed by atoms with Crippen LogP contribution in [0.1, 0.15) is 52.0 Å². The van der Waals surface area contributed by atoms with Gasteiger partial charge >= 0.3 is 0 Å². The molecule has 1 atom stereocenters. The Morgan fingerprint density at radius 1 is 1.13 bits per heavy atom. The van der Waals surface area contributed by atoms with E-state index in [0.29, 0.717) is 0 Å². The zero-order valence-corrected chi connectivity index (χ0v) is 11.1. The first kappa shape index (κ1) is 12.8. The quantitative estimate of drug-likeness (QED) is 0.601. The predicted octanol–water partition coefficient (Wildman–Crippen LogP) is 5.14. The molecule has 0 saturated carbocycles. The van der Waals surface area contributed by atoms with E-state index >= 15 is 0 Å². The van der Waals surface area contributed by atoms with Crippen molar-refractivity contribution in [3.05, 3.63) is 22.4 Å². The smallest absolute Gasteiger partial charge is 0.00613 e. The van der Waals surface area contributed by atoms with Gasteiger partial charge in [0.15, 0.2) is 0 Å². The fourth-order valence-corrected chi connectivity index (χ4v) is 2.57. The van der Waals surface area contributed by atoms with Gasteiger partial charge in [-0.15, -0.1) is 0 Å². The van der Waals surface area contributed by atoms with Crippen LogP contribution in [-0.4, -0.2) is 0 Å². The van der Waals surface area contributed by atoms with Crippen LogP contribution in [0.2, 0.25) is 0 Å². The molecule has 86 valence electrons. The van der Waals surface area contributed by atoms with Crippen molar-refractivity contribution in [2.45, 2.75) is 52.9 Å². The molecule has 0 aliphatic rings. The van der Waals surface area contributed by atoms with E-state index in [4.69, 9.17) is 0 Å². The highest BCUT2D eigenvalue weighted by Gasteiger charge is 2.03. The van der Waals surface area contributed by atoms with Gasteiger partial charge in [0.1, 0.15) is 0 Å². The zero-order chi connectivity index (χ0) is 11.1. The maximum Gasteiger partial charge on any atom is -0.00613 e. The number of rotatable bonds is 7. The van der Waals surface area contributed by atoms with Crippen LogP contribution >= 0.6 is 11.3 Å². The summed E-state index contributed by atoms with van der Waals surface area (Å²) >= 11 is 1.81. The van der Waals surface area contributed by atoms with E-state index in [1.807, 2.05) is 11.3 Å². The molecular formula is C14H24S. The molecule has 1 heterocycles. The van der Waals surface area contributed by atoms with Gasteiger partial charge in [0, 0.05) is 0 Å². The molecule has 0 N–H and O–H groups in total. The van der Waals surface area contributed by atoms with E-state index in [1.54, 1.807) is 0 Å². The van der Waals surface area contributed by atoms with E-state index in [1.165, 1.54) is 37.7 Å². The molecular weight excluding hydrogens is 200 g/mol. The van der Waals surface area contributed by atoms with Crippen molar-refractivity contribution in [2.75, 3.05) is 0 Å². The second-order valence-corrected chi connectivity index (χ2v) is 5.88. The van der Waals surface area contributed by atoms with E-state index in [9.17, 15) is 0 Å².